The molecular formula is C32H44ClF3NO5P. The molecule has 240 valence electrons. The van der Waals surface area contributed by atoms with Gasteiger partial charge >= 0.3 is 14.8 Å². The summed E-state index contributed by atoms with van der Waals surface area (Å²) in [5, 5.41) is 0.670. The molecule has 0 N–H and O–H groups in total. The van der Waals surface area contributed by atoms with Crippen LogP contribution < -0.4 is 4.74 Å². The van der Waals surface area contributed by atoms with E-state index in [0.717, 1.165) is 17.2 Å². The number of alkyl halides is 3. The first-order chi connectivity index (χ1) is 19.8. The maximum Gasteiger partial charge on any atom is 0.419 e. The predicted octanol–water partition coefficient (Wildman–Crippen LogP) is 9.67. The van der Waals surface area contributed by atoms with Crippen molar-refractivity contribution >= 4 is 26.1 Å². The number of nitrogens with zero attached hydrogens (tertiary/aromatic N) is 1. The first-order valence-corrected chi connectivity index (χ1v) is 15.9. The third-order valence-corrected chi connectivity index (χ3v) is 8.55. The standard InChI is InChI=1S/C32H44ClF3NO5P/c1-22-11-12-24(19-27(22)33)10-9-17-38-28-14-13-25(18-26(28)32(34,35)36)15-16-31(20-39-23(2)37-31)21-40-43(41-29(3,4)5)42-30(6,7)8/h11-14,18-19H,9-10,15-17,20-21H2,1-8H3. The van der Waals surface area contributed by atoms with E-state index in [4.69, 9.17) is 34.6 Å². The van der Waals surface area contributed by atoms with Crippen LogP contribution in [0.5, 0.6) is 5.75 Å². The van der Waals surface area contributed by atoms with Crippen LogP contribution in [0.15, 0.2) is 41.4 Å². The van der Waals surface area contributed by atoms with Gasteiger partial charge in [-0.2, -0.15) is 13.2 Å². The van der Waals surface area contributed by atoms with E-state index in [0.29, 0.717) is 42.2 Å². The van der Waals surface area contributed by atoms with Crippen molar-refractivity contribution in [3.63, 3.8) is 0 Å². The molecule has 0 saturated carbocycles. The van der Waals surface area contributed by atoms with Gasteiger partial charge in [0, 0.05) is 11.9 Å². The van der Waals surface area contributed by atoms with Crippen molar-refractivity contribution in [2.24, 2.45) is 4.99 Å². The van der Waals surface area contributed by atoms with Gasteiger partial charge in [0.15, 0.2) is 5.90 Å². The number of aryl methyl sites for hydroxylation is 3. The average molecular weight is 646 g/mol. The fourth-order valence-corrected chi connectivity index (χ4v) is 5.90. The van der Waals surface area contributed by atoms with Gasteiger partial charge in [-0.05, 0) is 109 Å². The number of ether oxygens (including phenoxy) is 2. The number of aliphatic imine (C=N–C) groups is 1. The van der Waals surface area contributed by atoms with Gasteiger partial charge in [0.1, 0.15) is 17.9 Å². The van der Waals surface area contributed by atoms with E-state index in [9.17, 15) is 13.2 Å². The fourth-order valence-electron chi connectivity index (χ4n) is 4.31. The van der Waals surface area contributed by atoms with Crippen molar-refractivity contribution in [2.75, 3.05) is 19.8 Å². The van der Waals surface area contributed by atoms with Crippen LogP contribution in [-0.4, -0.2) is 42.5 Å². The van der Waals surface area contributed by atoms with Crippen LogP contribution in [0, 0.1) is 6.92 Å². The summed E-state index contributed by atoms with van der Waals surface area (Å²) in [6, 6.07) is 10.0. The molecule has 6 nitrogen and oxygen atoms in total. The lowest BCUT2D eigenvalue weighted by Gasteiger charge is -2.32. The van der Waals surface area contributed by atoms with E-state index in [1.165, 1.54) is 6.07 Å². The first-order valence-electron chi connectivity index (χ1n) is 14.4. The van der Waals surface area contributed by atoms with Gasteiger partial charge in [-0.1, -0.05) is 29.8 Å². The van der Waals surface area contributed by atoms with Crippen molar-refractivity contribution in [3.8, 4) is 5.75 Å². The molecule has 1 unspecified atom stereocenters. The molecule has 0 radical (unpaired) electrons. The Kier molecular flexibility index (Phi) is 12.0. The van der Waals surface area contributed by atoms with Crippen molar-refractivity contribution in [3.05, 3.63) is 63.7 Å². The molecule has 2 aromatic carbocycles. The lowest BCUT2D eigenvalue weighted by atomic mass is 9.93. The molecule has 11 heteroatoms. The molecular weight excluding hydrogens is 602 g/mol. The smallest absolute Gasteiger partial charge is 0.419 e. The molecule has 1 atom stereocenters. The van der Waals surface area contributed by atoms with E-state index < -0.39 is 37.1 Å². The highest BCUT2D eigenvalue weighted by atomic mass is 35.5. The number of rotatable bonds is 13. The average Bonchev–Trinajstić information content (AvgIpc) is 3.25. The minimum atomic E-state index is -4.56. The SMILES string of the molecule is CC1=NC(CCc2ccc(OCCCc3ccc(C)c(Cl)c3)c(C(F)(F)F)c2)(COP(OC(C)(C)C)OC(C)(C)C)CO1. The zero-order valence-corrected chi connectivity index (χ0v) is 28.0. The van der Waals surface area contributed by atoms with Crippen molar-refractivity contribution in [1.82, 2.24) is 0 Å². The van der Waals surface area contributed by atoms with E-state index in [2.05, 4.69) is 4.99 Å². The molecule has 43 heavy (non-hydrogen) atoms. The van der Waals surface area contributed by atoms with Crippen molar-refractivity contribution < 1.29 is 36.2 Å². The van der Waals surface area contributed by atoms with Crippen LogP contribution in [-0.2, 0) is 37.3 Å². The summed E-state index contributed by atoms with van der Waals surface area (Å²) in [5.41, 5.74) is -0.0569. The number of halogens is 4. The highest BCUT2D eigenvalue weighted by molar-refractivity contribution is 7.41. The third-order valence-electron chi connectivity index (χ3n) is 6.41. The lowest BCUT2D eigenvalue weighted by Crippen LogP contribution is -2.35. The van der Waals surface area contributed by atoms with Gasteiger partial charge in [0.25, 0.3) is 0 Å². The second kappa shape index (κ2) is 14.5. The quantitative estimate of drug-likeness (QED) is 0.160. The molecule has 0 bridgehead atoms. The Morgan fingerprint density at radius 3 is 2.12 bits per heavy atom. The van der Waals surface area contributed by atoms with E-state index >= 15 is 0 Å². The summed E-state index contributed by atoms with van der Waals surface area (Å²) in [6.07, 6.45) is -2.62. The number of benzene rings is 2. The summed E-state index contributed by atoms with van der Waals surface area (Å²) in [5.74, 6) is 0.327. The Balaban J connectivity index is 1.67. The Morgan fingerprint density at radius 1 is 0.930 bits per heavy atom. The number of hydrogen-bond acceptors (Lipinski definition) is 6. The normalized spacial score (nSPS) is 17.7. The first kappa shape index (κ1) is 35.6. The van der Waals surface area contributed by atoms with Gasteiger partial charge < -0.3 is 23.0 Å². The molecule has 0 fully saturated rings. The largest absolute Gasteiger partial charge is 0.493 e. The molecule has 0 spiro atoms. The monoisotopic (exact) mass is 645 g/mol. The van der Waals surface area contributed by atoms with Gasteiger partial charge in [0.05, 0.1) is 30.0 Å². The van der Waals surface area contributed by atoms with Gasteiger partial charge in [-0.25, -0.2) is 4.99 Å². The number of hydrogen-bond donors (Lipinski definition) is 0. The van der Waals surface area contributed by atoms with E-state index in [1.807, 2.05) is 66.7 Å². The zero-order chi connectivity index (χ0) is 32.1. The molecule has 1 heterocycles. The Bertz CT molecular complexity index is 1240. The van der Waals surface area contributed by atoms with Gasteiger partial charge in [-0.15, -0.1) is 0 Å². The molecule has 0 saturated heterocycles. The maximum absolute atomic E-state index is 14.1. The van der Waals surface area contributed by atoms with Crippen LogP contribution in [0.3, 0.4) is 0 Å². The Labute approximate surface area is 260 Å². The molecule has 2 aromatic rings. The minimum absolute atomic E-state index is 0.141. The van der Waals surface area contributed by atoms with Crippen LogP contribution in [0.4, 0.5) is 13.2 Å². The summed E-state index contributed by atoms with van der Waals surface area (Å²) >= 11 is 6.18. The zero-order valence-electron chi connectivity index (χ0n) is 26.4. The van der Waals surface area contributed by atoms with Gasteiger partial charge in [0.2, 0.25) is 0 Å². The van der Waals surface area contributed by atoms with Crippen LogP contribution in [0.25, 0.3) is 0 Å². The van der Waals surface area contributed by atoms with Crippen LogP contribution in [0.2, 0.25) is 5.02 Å². The highest BCUT2D eigenvalue weighted by Crippen LogP contribution is 2.48. The lowest BCUT2D eigenvalue weighted by molar-refractivity contribution is -0.139. The second-order valence-corrected chi connectivity index (χ2v) is 14.4. The maximum atomic E-state index is 14.1. The second-order valence-electron chi connectivity index (χ2n) is 12.9. The van der Waals surface area contributed by atoms with Crippen molar-refractivity contribution in [1.29, 1.82) is 0 Å². The molecule has 0 aromatic heterocycles. The molecule has 0 aliphatic carbocycles. The van der Waals surface area contributed by atoms with Crippen molar-refractivity contribution in [2.45, 2.75) is 104 Å². The summed E-state index contributed by atoms with van der Waals surface area (Å²) < 4.78 is 71.7. The topological polar surface area (TPSA) is 58.5 Å². The van der Waals surface area contributed by atoms with E-state index in [-0.39, 0.29) is 25.6 Å². The van der Waals surface area contributed by atoms with Gasteiger partial charge in [-0.3, -0.25) is 0 Å². The predicted molar refractivity (Wildman–Crippen MR) is 166 cm³/mol. The summed E-state index contributed by atoms with van der Waals surface area (Å²) in [6.45, 7) is 15.7. The molecule has 3 rings (SSSR count). The van der Waals surface area contributed by atoms with Crippen LogP contribution >= 0.6 is 20.2 Å². The Hall–Kier alpha value is -1.90. The van der Waals surface area contributed by atoms with Crippen LogP contribution in [0.1, 0.15) is 83.6 Å². The Morgan fingerprint density at radius 2 is 1.56 bits per heavy atom. The molecule has 1 aliphatic heterocycles. The minimum Gasteiger partial charge on any atom is -0.493 e. The third kappa shape index (κ3) is 11.8. The fraction of sp³-hybridized carbons (Fsp3) is 0.594. The molecule has 0 amide bonds. The van der Waals surface area contributed by atoms with E-state index in [1.54, 1.807) is 13.0 Å². The highest BCUT2D eigenvalue weighted by Gasteiger charge is 2.39. The summed E-state index contributed by atoms with van der Waals surface area (Å²) in [4.78, 5) is 4.69. The summed E-state index contributed by atoms with van der Waals surface area (Å²) in [7, 11) is -1.71. The molecule has 1 aliphatic rings.